The number of aromatic nitrogens is 3. The summed E-state index contributed by atoms with van der Waals surface area (Å²) in [5.74, 6) is -1.16. The Kier molecular flexibility index (Phi) is 5.02. The predicted molar refractivity (Wildman–Crippen MR) is 117 cm³/mol. The fourth-order valence-corrected chi connectivity index (χ4v) is 3.34. The standard InChI is InChI=1S/C22H19FN6O3/c23-16-11-24-21(27-14-6-4-12(5-7-14)20(30)26-13-2-1-3-13)29-19(16)25-15-8-9-18-17(10-15)28-22(31)32-18/h4-11,13H,1-3H2,(H,26,30)(H,28,31)(H2,24,25,27,29). The van der Waals surface area contributed by atoms with Gasteiger partial charge in [-0.25, -0.2) is 14.2 Å². The van der Waals surface area contributed by atoms with Gasteiger partial charge in [-0.1, -0.05) is 0 Å². The number of oxazole rings is 1. The number of amides is 1. The van der Waals surface area contributed by atoms with Crippen molar-refractivity contribution in [3.05, 3.63) is 70.6 Å². The molecule has 2 aromatic heterocycles. The molecule has 1 amide bonds. The summed E-state index contributed by atoms with van der Waals surface area (Å²) in [6.45, 7) is 0. The average molecular weight is 434 g/mol. The average Bonchev–Trinajstić information content (AvgIpc) is 3.13. The summed E-state index contributed by atoms with van der Waals surface area (Å²) in [6, 6.07) is 12.0. The molecule has 2 aromatic carbocycles. The Morgan fingerprint density at radius 2 is 1.88 bits per heavy atom. The third kappa shape index (κ3) is 4.15. The van der Waals surface area contributed by atoms with E-state index in [2.05, 4.69) is 30.9 Å². The minimum Gasteiger partial charge on any atom is -0.408 e. The first-order chi connectivity index (χ1) is 15.5. The van der Waals surface area contributed by atoms with E-state index in [-0.39, 0.29) is 23.7 Å². The summed E-state index contributed by atoms with van der Waals surface area (Å²) in [4.78, 5) is 34.2. The molecule has 4 N–H and O–H groups in total. The molecule has 9 nitrogen and oxygen atoms in total. The lowest BCUT2D eigenvalue weighted by molar-refractivity contribution is 0.0917. The zero-order chi connectivity index (χ0) is 22.1. The number of anilines is 4. The minimum atomic E-state index is -0.639. The molecule has 1 aliphatic carbocycles. The van der Waals surface area contributed by atoms with Gasteiger partial charge in [0.1, 0.15) is 0 Å². The first-order valence-electron chi connectivity index (χ1n) is 10.1. The third-order valence-corrected chi connectivity index (χ3v) is 5.27. The molecule has 0 bridgehead atoms. The van der Waals surface area contributed by atoms with E-state index in [0.717, 1.165) is 25.5 Å². The van der Waals surface area contributed by atoms with Gasteiger partial charge in [0.2, 0.25) is 5.95 Å². The van der Waals surface area contributed by atoms with Gasteiger partial charge in [-0.15, -0.1) is 0 Å². The summed E-state index contributed by atoms with van der Waals surface area (Å²) >= 11 is 0. The van der Waals surface area contributed by atoms with Gasteiger partial charge >= 0.3 is 5.76 Å². The van der Waals surface area contributed by atoms with Crippen molar-refractivity contribution >= 4 is 40.1 Å². The Balaban J connectivity index is 1.29. The molecule has 10 heteroatoms. The van der Waals surface area contributed by atoms with Gasteiger partial charge in [0.05, 0.1) is 11.7 Å². The van der Waals surface area contributed by atoms with Crippen LogP contribution < -0.4 is 21.7 Å². The number of benzene rings is 2. The molecule has 0 aliphatic heterocycles. The van der Waals surface area contributed by atoms with Gasteiger partial charge in [-0.05, 0) is 61.7 Å². The number of carbonyl (C=O) groups is 1. The van der Waals surface area contributed by atoms with Crippen molar-refractivity contribution in [3.8, 4) is 0 Å². The number of hydrogen-bond donors (Lipinski definition) is 4. The van der Waals surface area contributed by atoms with Crippen LogP contribution in [0.2, 0.25) is 0 Å². The Bertz CT molecular complexity index is 1340. The topological polar surface area (TPSA) is 125 Å². The molecule has 162 valence electrons. The van der Waals surface area contributed by atoms with Crippen LogP contribution in [0.4, 0.5) is 27.5 Å². The number of nitrogens with zero attached hydrogens (tertiary/aromatic N) is 2. The van der Waals surface area contributed by atoms with E-state index in [9.17, 15) is 14.0 Å². The van der Waals surface area contributed by atoms with E-state index >= 15 is 0 Å². The third-order valence-electron chi connectivity index (χ3n) is 5.27. The molecular formula is C22H19FN6O3. The molecular weight excluding hydrogens is 415 g/mol. The largest absolute Gasteiger partial charge is 0.417 e. The first kappa shape index (κ1) is 19.7. The number of halogens is 1. The second-order valence-corrected chi connectivity index (χ2v) is 7.54. The van der Waals surface area contributed by atoms with Crippen molar-refractivity contribution in [2.75, 3.05) is 10.6 Å². The maximum absolute atomic E-state index is 14.3. The van der Waals surface area contributed by atoms with Gasteiger partial charge in [0.15, 0.2) is 17.2 Å². The predicted octanol–water partition coefficient (Wildman–Crippen LogP) is 3.82. The zero-order valence-electron chi connectivity index (χ0n) is 16.8. The van der Waals surface area contributed by atoms with Crippen LogP contribution in [0.1, 0.15) is 29.6 Å². The summed E-state index contributed by atoms with van der Waals surface area (Å²) in [5.41, 5.74) is 2.61. The molecule has 0 radical (unpaired) electrons. The molecule has 0 atom stereocenters. The SMILES string of the molecule is O=C(NC1CCC1)c1ccc(Nc2ncc(F)c(Nc3ccc4oc(=O)[nH]c4c3)n2)cc1. The molecule has 0 unspecified atom stereocenters. The maximum Gasteiger partial charge on any atom is 0.417 e. The van der Waals surface area contributed by atoms with Gasteiger partial charge in [0, 0.05) is 23.0 Å². The Morgan fingerprint density at radius 1 is 1.09 bits per heavy atom. The lowest BCUT2D eigenvalue weighted by Gasteiger charge is -2.26. The van der Waals surface area contributed by atoms with E-state index in [1.165, 1.54) is 0 Å². The first-order valence-corrected chi connectivity index (χ1v) is 10.1. The molecule has 0 saturated heterocycles. The van der Waals surface area contributed by atoms with Crippen molar-refractivity contribution in [2.45, 2.75) is 25.3 Å². The van der Waals surface area contributed by atoms with Crippen molar-refractivity contribution in [1.29, 1.82) is 0 Å². The Hall–Kier alpha value is -4.21. The summed E-state index contributed by atoms with van der Waals surface area (Å²) in [7, 11) is 0. The zero-order valence-corrected chi connectivity index (χ0v) is 16.8. The normalized spacial score (nSPS) is 13.5. The van der Waals surface area contributed by atoms with Crippen molar-refractivity contribution in [1.82, 2.24) is 20.3 Å². The van der Waals surface area contributed by atoms with E-state index < -0.39 is 11.6 Å². The quantitative estimate of drug-likeness (QED) is 0.364. The Morgan fingerprint density at radius 3 is 2.62 bits per heavy atom. The van der Waals surface area contributed by atoms with E-state index in [1.54, 1.807) is 42.5 Å². The van der Waals surface area contributed by atoms with Gasteiger partial charge in [0.25, 0.3) is 5.91 Å². The number of aromatic amines is 1. The van der Waals surface area contributed by atoms with Crippen molar-refractivity contribution in [3.63, 3.8) is 0 Å². The van der Waals surface area contributed by atoms with Gasteiger partial charge in [-0.2, -0.15) is 4.98 Å². The molecule has 32 heavy (non-hydrogen) atoms. The van der Waals surface area contributed by atoms with Crippen LogP contribution in [0.15, 0.2) is 57.9 Å². The number of nitrogens with one attached hydrogen (secondary N) is 4. The van der Waals surface area contributed by atoms with Crippen LogP contribution in [0.25, 0.3) is 11.1 Å². The maximum atomic E-state index is 14.3. The van der Waals surface area contributed by atoms with Crippen molar-refractivity contribution < 1.29 is 13.6 Å². The highest BCUT2D eigenvalue weighted by molar-refractivity contribution is 5.94. The monoisotopic (exact) mass is 434 g/mol. The lowest BCUT2D eigenvalue weighted by atomic mass is 9.93. The van der Waals surface area contributed by atoms with Crippen LogP contribution >= 0.6 is 0 Å². The number of fused-ring (bicyclic) bond motifs is 1. The van der Waals surface area contributed by atoms with E-state index in [1.807, 2.05) is 0 Å². The van der Waals surface area contributed by atoms with Crippen LogP contribution in [-0.2, 0) is 0 Å². The lowest BCUT2D eigenvalue weighted by Crippen LogP contribution is -2.39. The Labute approximate surface area is 181 Å². The van der Waals surface area contributed by atoms with Gasteiger partial charge in [-0.3, -0.25) is 9.78 Å². The van der Waals surface area contributed by atoms with Crippen LogP contribution in [0, 0.1) is 5.82 Å². The highest BCUT2D eigenvalue weighted by Gasteiger charge is 2.20. The highest BCUT2D eigenvalue weighted by Crippen LogP contribution is 2.23. The summed E-state index contributed by atoms with van der Waals surface area (Å²) in [5, 5.41) is 8.86. The van der Waals surface area contributed by atoms with Crippen LogP contribution in [-0.4, -0.2) is 26.9 Å². The molecule has 4 aromatic rings. The number of rotatable bonds is 6. The van der Waals surface area contributed by atoms with E-state index in [0.29, 0.717) is 28.0 Å². The van der Waals surface area contributed by atoms with Crippen molar-refractivity contribution in [2.24, 2.45) is 0 Å². The second kappa shape index (κ2) is 8.14. The molecule has 1 saturated carbocycles. The number of H-pyrrole nitrogens is 1. The fraction of sp³-hybridized carbons (Fsp3) is 0.182. The number of carbonyl (C=O) groups excluding carboxylic acids is 1. The molecule has 1 aliphatic rings. The number of hydrogen-bond acceptors (Lipinski definition) is 7. The smallest absolute Gasteiger partial charge is 0.408 e. The molecule has 1 fully saturated rings. The molecule has 0 spiro atoms. The molecule has 2 heterocycles. The van der Waals surface area contributed by atoms with Crippen LogP contribution in [0.5, 0.6) is 0 Å². The highest BCUT2D eigenvalue weighted by atomic mass is 19.1. The summed E-state index contributed by atoms with van der Waals surface area (Å²) < 4.78 is 19.2. The van der Waals surface area contributed by atoms with Gasteiger partial charge < -0.3 is 20.4 Å². The minimum absolute atomic E-state index is 0.0378. The van der Waals surface area contributed by atoms with Crippen LogP contribution in [0.3, 0.4) is 0 Å². The second-order valence-electron chi connectivity index (χ2n) is 7.54. The summed E-state index contributed by atoms with van der Waals surface area (Å²) in [6.07, 6.45) is 4.26. The fourth-order valence-electron chi connectivity index (χ4n) is 3.34. The van der Waals surface area contributed by atoms with E-state index in [4.69, 9.17) is 4.42 Å². The molecule has 5 rings (SSSR count).